The molecule has 0 radical (unpaired) electrons. The van der Waals surface area contributed by atoms with Gasteiger partial charge in [0, 0.05) is 24.6 Å². The van der Waals surface area contributed by atoms with E-state index in [0.29, 0.717) is 11.5 Å². The number of hydrogen-bond donors (Lipinski definition) is 0. The highest BCUT2D eigenvalue weighted by molar-refractivity contribution is 7.18. The summed E-state index contributed by atoms with van der Waals surface area (Å²) >= 11 is 1.75. The predicted octanol–water partition coefficient (Wildman–Crippen LogP) is 4.88. The van der Waals surface area contributed by atoms with E-state index in [4.69, 9.17) is 4.98 Å². The van der Waals surface area contributed by atoms with Gasteiger partial charge in [-0.05, 0) is 57.0 Å². The molecule has 146 valence electrons. The molecule has 2 aromatic heterocycles. The van der Waals surface area contributed by atoms with Gasteiger partial charge in [0.1, 0.15) is 0 Å². The van der Waals surface area contributed by atoms with Gasteiger partial charge < -0.3 is 4.90 Å². The van der Waals surface area contributed by atoms with Crippen LogP contribution in [0.25, 0.3) is 21.3 Å². The van der Waals surface area contributed by atoms with E-state index in [1.807, 2.05) is 49.1 Å². The van der Waals surface area contributed by atoms with Gasteiger partial charge in [0.25, 0.3) is 5.91 Å². The van der Waals surface area contributed by atoms with E-state index in [-0.39, 0.29) is 5.91 Å². The van der Waals surface area contributed by atoms with E-state index in [9.17, 15) is 4.79 Å². The second-order valence-electron chi connectivity index (χ2n) is 7.71. The van der Waals surface area contributed by atoms with Crippen molar-refractivity contribution in [1.29, 1.82) is 0 Å². The standard InChI is InChI=1S/C23H22N4OS/c1-14-15(2)25-20-12-16(9-10-18(20)24-14)23(28)27-11-5-6-17(13-27)22-26-19-7-3-4-8-21(19)29-22/h3-4,7-10,12,17H,5-6,11,13H2,1-2H3/t17-/m0/s1. The molecule has 3 heterocycles. The van der Waals surface area contributed by atoms with Crippen LogP contribution in [-0.4, -0.2) is 38.8 Å². The zero-order chi connectivity index (χ0) is 20.0. The monoisotopic (exact) mass is 402 g/mol. The number of thiazole rings is 1. The molecular formula is C23H22N4OS. The van der Waals surface area contributed by atoms with Crippen LogP contribution >= 0.6 is 11.3 Å². The average molecular weight is 403 g/mol. The first-order valence-electron chi connectivity index (χ1n) is 9.98. The van der Waals surface area contributed by atoms with Crippen LogP contribution in [0.15, 0.2) is 42.5 Å². The van der Waals surface area contributed by atoms with Gasteiger partial charge in [-0.3, -0.25) is 4.79 Å². The normalized spacial score (nSPS) is 17.2. The van der Waals surface area contributed by atoms with Crippen LogP contribution in [0.4, 0.5) is 0 Å². The Morgan fingerprint density at radius 2 is 1.79 bits per heavy atom. The number of nitrogens with zero attached hydrogens (tertiary/aromatic N) is 4. The molecule has 0 aliphatic carbocycles. The van der Waals surface area contributed by atoms with Crippen molar-refractivity contribution in [2.24, 2.45) is 0 Å². The molecule has 1 aliphatic heterocycles. The zero-order valence-corrected chi connectivity index (χ0v) is 17.4. The first kappa shape index (κ1) is 18.2. The number of para-hydroxylation sites is 1. The molecule has 0 bridgehead atoms. The van der Waals surface area contributed by atoms with Gasteiger partial charge >= 0.3 is 0 Å². The third-order valence-corrected chi connectivity index (χ3v) is 6.89. The molecule has 5 nitrogen and oxygen atoms in total. The number of fused-ring (bicyclic) bond motifs is 2. The molecule has 0 saturated carbocycles. The Bertz CT molecular complexity index is 1200. The van der Waals surface area contributed by atoms with Crippen molar-refractivity contribution in [2.75, 3.05) is 13.1 Å². The summed E-state index contributed by atoms with van der Waals surface area (Å²) in [6, 6.07) is 13.9. The summed E-state index contributed by atoms with van der Waals surface area (Å²) in [6.45, 7) is 5.41. The molecule has 0 unspecified atom stereocenters. The van der Waals surface area contributed by atoms with Crippen molar-refractivity contribution in [2.45, 2.75) is 32.6 Å². The van der Waals surface area contributed by atoms with Gasteiger partial charge in [-0.15, -0.1) is 11.3 Å². The van der Waals surface area contributed by atoms with Gasteiger partial charge in [-0.25, -0.2) is 15.0 Å². The largest absolute Gasteiger partial charge is 0.338 e. The first-order chi connectivity index (χ1) is 14.1. The number of carbonyl (C=O) groups is 1. The summed E-state index contributed by atoms with van der Waals surface area (Å²) in [5.74, 6) is 0.369. The molecule has 2 aromatic carbocycles. The fourth-order valence-electron chi connectivity index (χ4n) is 3.97. The Labute approximate surface area is 173 Å². The third-order valence-electron chi connectivity index (χ3n) is 5.69. The van der Waals surface area contributed by atoms with Crippen LogP contribution in [-0.2, 0) is 0 Å². The second-order valence-corrected chi connectivity index (χ2v) is 8.77. The molecule has 1 aliphatic rings. The fourth-order valence-corrected chi connectivity index (χ4v) is 5.07. The molecule has 1 atom stereocenters. The van der Waals surface area contributed by atoms with Crippen molar-refractivity contribution in [3.63, 3.8) is 0 Å². The highest BCUT2D eigenvalue weighted by atomic mass is 32.1. The van der Waals surface area contributed by atoms with Crippen molar-refractivity contribution in [3.8, 4) is 0 Å². The summed E-state index contributed by atoms with van der Waals surface area (Å²) < 4.78 is 1.21. The number of rotatable bonds is 2. The van der Waals surface area contributed by atoms with E-state index in [0.717, 1.165) is 58.9 Å². The third kappa shape index (κ3) is 3.38. The first-order valence-corrected chi connectivity index (χ1v) is 10.8. The number of benzene rings is 2. The molecule has 1 saturated heterocycles. The van der Waals surface area contributed by atoms with E-state index < -0.39 is 0 Å². The van der Waals surface area contributed by atoms with Gasteiger partial charge in [0.05, 0.1) is 37.6 Å². The lowest BCUT2D eigenvalue weighted by atomic mass is 9.98. The summed E-state index contributed by atoms with van der Waals surface area (Å²) in [5, 5.41) is 1.14. The summed E-state index contributed by atoms with van der Waals surface area (Å²) in [5.41, 5.74) is 5.16. The van der Waals surface area contributed by atoms with Crippen molar-refractivity contribution < 1.29 is 4.79 Å². The van der Waals surface area contributed by atoms with Gasteiger partial charge in [0.15, 0.2) is 0 Å². The van der Waals surface area contributed by atoms with E-state index >= 15 is 0 Å². The lowest BCUT2D eigenvalue weighted by Crippen LogP contribution is -2.39. The molecule has 4 aromatic rings. The van der Waals surface area contributed by atoms with Gasteiger partial charge in [-0.1, -0.05) is 12.1 Å². The van der Waals surface area contributed by atoms with Crippen LogP contribution in [0.2, 0.25) is 0 Å². The summed E-state index contributed by atoms with van der Waals surface area (Å²) in [6.07, 6.45) is 2.07. The Kier molecular flexibility index (Phi) is 4.51. The van der Waals surface area contributed by atoms with E-state index in [2.05, 4.69) is 22.1 Å². The quantitative estimate of drug-likeness (QED) is 0.480. The van der Waals surface area contributed by atoms with E-state index in [1.54, 1.807) is 11.3 Å². The lowest BCUT2D eigenvalue weighted by molar-refractivity contribution is 0.0707. The Balaban J connectivity index is 1.40. The maximum absolute atomic E-state index is 13.2. The summed E-state index contributed by atoms with van der Waals surface area (Å²) in [7, 11) is 0. The zero-order valence-electron chi connectivity index (χ0n) is 16.6. The van der Waals surface area contributed by atoms with Crippen LogP contribution in [0.1, 0.15) is 45.5 Å². The Hall–Kier alpha value is -2.86. The molecule has 1 amide bonds. The predicted molar refractivity (Wildman–Crippen MR) is 117 cm³/mol. The van der Waals surface area contributed by atoms with Crippen LogP contribution in [0.5, 0.6) is 0 Å². The topological polar surface area (TPSA) is 59.0 Å². The number of aryl methyl sites for hydroxylation is 2. The van der Waals surface area contributed by atoms with Crippen molar-refractivity contribution in [3.05, 3.63) is 64.4 Å². The highest BCUT2D eigenvalue weighted by Crippen LogP contribution is 2.33. The number of likely N-dealkylation sites (tertiary alicyclic amines) is 1. The Morgan fingerprint density at radius 1 is 1.00 bits per heavy atom. The minimum absolute atomic E-state index is 0.0674. The number of amides is 1. The second kappa shape index (κ2) is 7.19. The maximum Gasteiger partial charge on any atom is 0.253 e. The molecule has 5 rings (SSSR count). The number of piperidine rings is 1. The van der Waals surface area contributed by atoms with E-state index in [1.165, 1.54) is 4.70 Å². The van der Waals surface area contributed by atoms with Crippen LogP contribution in [0.3, 0.4) is 0 Å². The lowest BCUT2D eigenvalue weighted by Gasteiger charge is -2.32. The molecule has 6 heteroatoms. The van der Waals surface area contributed by atoms with Crippen LogP contribution < -0.4 is 0 Å². The molecular weight excluding hydrogens is 380 g/mol. The molecule has 0 N–H and O–H groups in total. The minimum Gasteiger partial charge on any atom is -0.338 e. The van der Waals surface area contributed by atoms with Crippen molar-refractivity contribution >= 4 is 38.5 Å². The minimum atomic E-state index is 0.0674. The smallest absolute Gasteiger partial charge is 0.253 e. The highest BCUT2D eigenvalue weighted by Gasteiger charge is 2.27. The van der Waals surface area contributed by atoms with Gasteiger partial charge in [-0.2, -0.15) is 0 Å². The fraction of sp³-hybridized carbons (Fsp3) is 0.304. The van der Waals surface area contributed by atoms with Gasteiger partial charge in [0.2, 0.25) is 0 Å². The maximum atomic E-state index is 13.2. The Morgan fingerprint density at radius 3 is 2.62 bits per heavy atom. The SMILES string of the molecule is Cc1nc2ccc(C(=O)N3CCC[C@H](c4nc5ccccc5s4)C3)cc2nc1C. The van der Waals surface area contributed by atoms with Crippen LogP contribution in [0, 0.1) is 13.8 Å². The number of hydrogen-bond acceptors (Lipinski definition) is 5. The summed E-state index contributed by atoms with van der Waals surface area (Å²) in [4.78, 5) is 29.2. The average Bonchev–Trinajstić information content (AvgIpc) is 3.18. The number of aromatic nitrogens is 3. The molecule has 0 spiro atoms. The van der Waals surface area contributed by atoms with Crippen molar-refractivity contribution in [1.82, 2.24) is 19.9 Å². The molecule has 1 fully saturated rings. The molecule has 29 heavy (non-hydrogen) atoms. The number of carbonyl (C=O) groups excluding carboxylic acids is 1.